The molecule has 1 aliphatic rings. The highest BCUT2D eigenvalue weighted by molar-refractivity contribution is 6.43. The van der Waals surface area contributed by atoms with E-state index in [4.69, 9.17) is 39.4 Å². The number of aryl methyl sites for hydroxylation is 2. The molecule has 1 unspecified atom stereocenters. The van der Waals surface area contributed by atoms with Crippen molar-refractivity contribution in [2.75, 3.05) is 18.1 Å². The highest BCUT2D eigenvalue weighted by Crippen LogP contribution is 2.37. The van der Waals surface area contributed by atoms with E-state index in [1.807, 2.05) is 12.1 Å². The second-order valence-corrected chi connectivity index (χ2v) is 10.7. The van der Waals surface area contributed by atoms with Crippen molar-refractivity contribution in [3.8, 4) is 16.9 Å². The Morgan fingerprint density at radius 2 is 1.62 bits per heavy atom. The molecule has 0 amide bonds. The molecular weight excluding hydrogens is 507 g/mol. The molecule has 9 heteroatoms. The largest absolute Gasteiger partial charge is 0.491 e. The number of nitrogens with zero attached hydrogens (tertiary/aromatic N) is 2. The van der Waals surface area contributed by atoms with Gasteiger partial charge in [0.2, 0.25) is 5.95 Å². The number of rotatable bonds is 9. The maximum absolute atomic E-state index is 6.48. The Morgan fingerprint density at radius 3 is 2.32 bits per heavy atom. The molecule has 1 saturated carbocycles. The number of hydrogen-bond donors (Lipinski definition) is 4. The third-order valence-corrected chi connectivity index (χ3v) is 7.76. The molecule has 1 fully saturated rings. The summed E-state index contributed by atoms with van der Waals surface area (Å²) in [5.41, 5.74) is 16.6. The third kappa shape index (κ3) is 6.85. The molecule has 6 N–H and O–H groups in total. The molecule has 7 nitrogen and oxygen atoms in total. The van der Waals surface area contributed by atoms with Gasteiger partial charge < -0.3 is 26.8 Å². The molecule has 1 heterocycles. The van der Waals surface area contributed by atoms with Crippen LogP contribution in [-0.2, 0) is 6.54 Å². The van der Waals surface area contributed by atoms with Crippen molar-refractivity contribution in [3.05, 3.63) is 63.3 Å². The Bertz CT molecular complexity index is 1210. The zero-order chi connectivity index (χ0) is 26.5. The number of anilines is 2. The summed E-state index contributed by atoms with van der Waals surface area (Å²) in [6.45, 7) is 7.52. The van der Waals surface area contributed by atoms with Crippen molar-refractivity contribution in [1.82, 2.24) is 20.6 Å². The molecule has 0 bridgehead atoms. The summed E-state index contributed by atoms with van der Waals surface area (Å²) >= 11 is 12.7. The van der Waals surface area contributed by atoms with E-state index in [0.717, 1.165) is 31.4 Å². The molecule has 0 radical (unpaired) electrons. The summed E-state index contributed by atoms with van der Waals surface area (Å²) in [6.07, 6.45) is 4.30. The van der Waals surface area contributed by atoms with Gasteiger partial charge in [-0.2, -0.15) is 4.98 Å². The Kier molecular flexibility index (Phi) is 9.13. The van der Waals surface area contributed by atoms with Gasteiger partial charge >= 0.3 is 0 Å². The minimum atomic E-state index is 0.140. The summed E-state index contributed by atoms with van der Waals surface area (Å²) in [4.78, 5) is 8.63. The zero-order valence-corrected chi connectivity index (χ0v) is 23.2. The van der Waals surface area contributed by atoms with E-state index < -0.39 is 0 Å². The zero-order valence-electron chi connectivity index (χ0n) is 21.7. The lowest BCUT2D eigenvalue weighted by Gasteiger charge is -2.32. The van der Waals surface area contributed by atoms with Crippen molar-refractivity contribution in [3.63, 3.8) is 0 Å². The summed E-state index contributed by atoms with van der Waals surface area (Å²) in [7, 11) is 0. The van der Waals surface area contributed by atoms with Gasteiger partial charge in [-0.3, -0.25) is 0 Å². The van der Waals surface area contributed by atoms with E-state index in [2.05, 4.69) is 59.6 Å². The highest BCUT2D eigenvalue weighted by Gasteiger charge is 2.24. The smallest absolute Gasteiger partial charge is 0.222 e. The number of halogens is 2. The fourth-order valence-corrected chi connectivity index (χ4v) is 5.45. The van der Waals surface area contributed by atoms with Gasteiger partial charge in [-0.25, -0.2) is 4.98 Å². The van der Waals surface area contributed by atoms with Gasteiger partial charge in [0, 0.05) is 35.8 Å². The summed E-state index contributed by atoms with van der Waals surface area (Å²) in [5.74, 6) is 1.42. The molecule has 1 aliphatic carbocycles. The number of hydrogen-bond acceptors (Lipinski definition) is 7. The molecule has 0 aliphatic heterocycles. The Morgan fingerprint density at radius 1 is 0.973 bits per heavy atom. The fraction of sp³-hybridized carbons (Fsp3) is 0.429. The minimum absolute atomic E-state index is 0.140. The second-order valence-electron chi connectivity index (χ2n) is 9.92. The summed E-state index contributed by atoms with van der Waals surface area (Å²) in [6, 6.07) is 12.8. The van der Waals surface area contributed by atoms with Crippen LogP contribution in [-0.4, -0.2) is 34.7 Å². The monoisotopic (exact) mass is 542 g/mol. The number of para-hydroxylation sites is 1. The first-order chi connectivity index (χ1) is 17.7. The van der Waals surface area contributed by atoms with Crippen LogP contribution in [0.25, 0.3) is 11.1 Å². The minimum Gasteiger partial charge on any atom is -0.491 e. The molecule has 198 valence electrons. The molecule has 0 spiro atoms. The first-order valence-corrected chi connectivity index (χ1v) is 13.5. The normalized spacial score (nSPS) is 18.5. The van der Waals surface area contributed by atoms with Gasteiger partial charge in [0.05, 0.1) is 15.7 Å². The van der Waals surface area contributed by atoms with Gasteiger partial charge in [0.1, 0.15) is 18.2 Å². The average Bonchev–Trinajstić information content (AvgIpc) is 2.85. The van der Waals surface area contributed by atoms with Crippen LogP contribution in [0, 0.1) is 13.8 Å². The molecule has 0 saturated heterocycles. The van der Waals surface area contributed by atoms with Crippen LogP contribution in [0.15, 0.2) is 36.4 Å². The number of benzene rings is 2. The molecule has 37 heavy (non-hydrogen) atoms. The first kappa shape index (κ1) is 27.5. The van der Waals surface area contributed by atoms with Crippen molar-refractivity contribution < 1.29 is 4.74 Å². The predicted molar refractivity (Wildman–Crippen MR) is 153 cm³/mol. The van der Waals surface area contributed by atoms with E-state index in [1.165, 1.54) is 11.1 Å². The molecule has 3 aromatic rings. The van der Waals surface area contributed by atoms with Crippen molar-refractivity contribution in [1.29, 1.82) is 0 Å². The van der Waals surface area contributed by atoms with Crippen LogP contribution in [0.1, 0.15) is 49.4 Å². The number of nitrogens with one attached hydrogen (secondary N) is 2. The average molecular weight is 544 g/mol. The lowest BCUT2D eigenvalue weighted by atomic mass is 9.90. The van der Waals surface area contributed by atoms with Gasteiger partial charge in [0.15, 0.2) is 0 Å². The standard InChI is InChI=1S/C28H36Cl2N6O/c1-16-6-4-7-17(2)26(16)37-15-18(3)34-20-12-10-19(11-13-20)33-14-23-24(27(31)36-28(32)35-23)21-8-5-9-22(29)25(21)30/h4-9,18-20,33-34H,10-15H2,1-3H3,(H4,31,32,35,36). The lowest BCUT2D eigenvalue weighted by Crippen LogP contribution is -2.44. The SMILES string of the molecule is Cc1cccc(C)c1OCC(C)NC1CCC(NCc2nc(N)nc(N)c2-c2cccc(Cl)c2Cl)CC1. The number of nitrogen functional groups attached to an aromatic ring is 2. The molecule has 1 aromatic heterocycles. The van der Waals surface area contributed by atoms with Gasteiger partial charge in [0.25, 0.3) is 0 Å². The van der Waals surface area contributed by atoms with Crippen LogP contribution >= 0.6 is 23.2 Å². The predicted octanol–water partition coefficient (Wildman–Crippen LogP) is 5.69. The summed E-state index contributed by atoms with van der Waals surface area (Å²) < 4.78 is 6.14. The van der Waals surface area contributed by atoms with Crippen LogP contribution in [0.3, 0.4) is 0 Å². The molecular formula is C28H36Cl2N6O. The third-order valence-electron chi connectivity index (χ3n) is 6.94. The van der Waals surface area contributed by atoms with E-state index in [-0.39, 0.29) is 12.0 Å². The number of nitrogens with two attached hydrogens (primary N) is 2. The Hall–Kier alpha value is -2.58. The molecule has 4 rings (SSSR count). The molecule has 2 aromatic carbocycles. The topological polar surface area (TPSA) is 111 Å². The van der Waals surface area contributed by atoms with E-state index >= 15 is 0 Å². The van der Waals surface area contributed by atoms with Gasteiger partial charge in [-0.15, -0.1) is 0 Å². The van der Waals surface area contributed by atoms with Crippen LogP contribution < -0.4 is 26.8 Å². The maximum atomic E-state index is 6.48. The highest BCUT2D eigenvalue weighted by atomic mass is 35.5. The van der Waals surface area contributed by atoms with E-state index in [9.17, 15) is 0 Å². The number of aromatic nitrogens is 2. The van der Waals surface area contributed by atoms with Crippen LogP contribution in [0.5, 0.6) is 5.75 Å². The van der Waals surface area contributed by atoms with E-state index in [0.29, 0.717) is 57.9 Å². The van der Waals surface area contributed by atoms with E-state index in [1.54, 1.807) is 6.07 Å². The quantitative estimate of drug-likeness (QED) is 0.274. The second kappa shape index (κ2) is 12.3. The van der Waals surface area contributed by atoms with Crippen LogP contribution in [0.4, 0.5) is 11.8 Å². The van der Waals surface area contributed by atoms with Crippen molar-refractivity contribution >= 4 is 35.0 Å². The lowest BCUT2D eigenvalue weighted by molar-refractivity contribution is 0.232. The van der Waals surface area contributed by atoms with Crippen molar-refractivity contribution in [2.24, 2.45) is 0 Å². The first-order valence-electron chi connectivity index (χ1n) is 12.8. The van der Waals surface area contributed by atoms with Gasteiger partial charge in [-0.1, -0.05) is 53.5 Å². The fourth-order valence-electron chi connectivity index (χ4n) is 5.06. The van der Waals surface area contributed by atoms with Gasteiger partial charge in [-0.05, 0) is 63.6 Å². The Labute approximate surface area is 229 Å². The summed E-state index contributed by atoms with van der Waals surface area (Å²) in [5, 5.41) is 8.26. The maximum Gasteiger partial charge on any atom is 0.222 e. The number of ether oxygens (including phenoxy) is 1. The Balaban J connectivity index is 1.30. The van der Waals surface area contributed by atoms with Crippen LogP contribution in [0.2, 0.25) is 10.0 Å². The van der Waals surface area contributed by atoms with Crippen molar-refractivity contribution in [2.45, 2.75) is 71.1 Å². The molecule has 1 atom stereocenters.